The Morgan fingerprint density at radius 3 is 2.21 bits per heavy atom. The molecule has 0 aromatic rings. The second-order valence-electron chi connectivity index (χ2n) is 2.38. The molecule has 88 valence electrons. The molecule has 0 saturated heterocycles. The lowest BCUT2D eigenvalue weighted by Crippen LogP contribution is -2.45. The molecule has 0 heterocycles. The number of hydrogen-bond acceptors (Lipinski definition) is 3. The van der Waals surface area contributed by atoms with Crippen LogP contribution in [0.2, 0.25) is 0 Å². The highest BCUT2D eigenvalue weighted by molar-refractivity contribution is 7.87. The Morgan fingerprint density at radius 1 is 1.36 bits per heavy atom. The minimum atomic E-state index is -3.81. The summed E-state index contributed by atoms with van der Waals surface area (Å²) in [5.74, 6) is -3.21. The lowest BCUT2D eigenvalue weighted by Gasteiger charge is -2.14. The van der Waals surface area contributed by atoms with Crippen molar-refractivity contribution in [2.24, 2.45) is 5.73 Å². The summed E-state index contributed by atoms with van der Waals surface area (Å²) in [6.45, 7) is -0.190. The van der Waals surface area contributed by atoms with E-state index < -0.39 is 29.2 Å². The Labute approximate surface area is 88.0 Å². The van der Waals surface area contributed by atoms with Gasteiger partial charge in [-0.05, 0) is 0 Å². The minimum Gasteiger partial charge on any atom is -0.325 e. The number of hydrogen-bond donors (Lipinski definition) is 3. The monoisotopic (exact) mass is 253 g/mol. The van der Waals surface area contributed by atoms with Crippen molar-refractivity contribution in [3.63, 3.8) is 0 Å². The van der Waals surface area contributed by atoms with E-state index in [1.165, 1.54) is 0 Å². The van der Waals surface area contributed by atoms with E-state index in [0.29, 0.717) is 0 Å². The van der Waals surface area contributed by atoms with Gasteiger partial charge in [-0.15, -0.1) is 12.4 Å². The van der Waals surface area contributed by atoms with Crippen LogP contribution in [0.25, 0.3) is 0 Å². The maximum Gasteiger partial charge on any atom is 0.277 e. The molecule has 0 spiro atoms. The van der Waals surface area contributed by atoms with Gasteiger partial charge in [0.05, 0.1) is 13.1 Å². The number of alkyl halides is 2. The van der Waals surface area contributed by atoms with Crippen molar-refractivity contribution >= 4 is 22.6 Å². The van der Waals surface area contributed by atoms with E-state index in [-0.39, 0.29) is 19.0 Å². The van der Waals surface area contributed by atoms with Crippen LogP contribution in [0.3, 0.4) is 0 Å². The van der Waals surface area contributed by atoms with Gasteiger partial charge in [0.15, 0.2) is 0 Å². The van der Waals surface area contributed by atoms with Crippen LogP contribution >= 0.6 is 12.4 Å². The van der Waals surface area contributed by atoms with E-state index in [0.717, 1.165) is 0 Å². The fourth-order valence-electron chi connectivity index (χ4n) is 0.514. The van der Waals surface area contributed by atoms with Gasteiger partial charge in [0.1, 0.15) is 0 Å². The fourth-order valence-corrected chi connectivity index (χ4v) is 1.40. The minimum absolute atomic E-state index is 0. The quantitative estimate of drug-likeness (QED) is 0.594. The Bertz CT molecular complexity index is 247. The van der Waals surface area contributed by atoms with E-state index in [9.17, 15) is 17.2 Å². The molecule has 0 unspecified atom stereocenters. The van der Waals surface area contributed by atoms with Crippen molar-refractivity contribution in [1.29, 1.82) is 0 Å². The predicted octanol–water partition coefficient (Wildman–Crippen LogP) is -0.554. The first kappa shape index (κ1) is 16.4. The van der Waals surface area contributed by atoms with Gasteiger partial charge in [-0.3, -0.25) is 0 Å². The van der Waals surface area contributed by atoms with Crippen LogP contribution in [0.15, 0.2) is 0 Å². The maximum atomic E-state index is 12.4. The molecule has 0 amide bonds. The molecular weight excluding hydrogens is 240 g/mol. The van der Waals surface area contributed by atoms with E-state index >= 15 is 0 Å². The lowest BCUT2D eigenvalue weighted by molar-refractivity contribution is 0.0169. The van der Waals surface area contributed by atoms with Gasteiger partial charge >= 0.3 is 0 Å². The first-order valence-electron chi connectivity index (χ1n) is 3.65. The molecule has 0 saturated carbocycles. The summed E-state index contributed by atoms with van der Waals surface area (Å²) in [7, 11) is -3.81. The van der Waals surface area contributed by atoms with Gasteiger partial charge in [0.2, 0.25) is 0 Å². The summed E-state index contributed by atoms with van der Waals surface area (Å²) in [6, 6.07) is 0. The van der Waals surface area contributed by atoms with Crippen LogP contribution in [0.4, 0.5) is 8.78 Å². The second-order valence-corrected chi connectivity index (χ2v) is 3.97. The van der Waals surface area contributed by atoms with Crippen LogP contribution < -0.4 is 15.2 Å². The highest BCUT2D eigenvalue weighted by atomic mass is 35.5. The van der Waals surface area contributed by atoms with E-state index in [1.54, 1.807) is 11.6 Å². The molecule has 0 atom stereocenters. The molecule has 0 aliphatic rings. The summed E-state index contributed by atoms with van der Waals surface area (Å²) in [5, 5.41) is 0. The predicted molar refractivity (Wildman–Crippen MR) is 51.8 cm³/mol. The Kier molecular flexibility index (Phi) is 7.57. The van der Waals surface area contributed by atoms with Gasteiger partial charge in [-0.1, -0.05) is 6.92 Å². The zero-order valence-electron chi connectivity index (χ0n) is 7.59. The van der Waals surface area contributed by atoms with Crippen LogP contribution in [-0.2, 0) is 10.2 Å². The average molecular weight is 254 g/mol. The first-order valence-corrected chi connectivity index (χ1v) is 5.13. The molecule has 14 heavy (non-hydrogen) atoms. The molecule has 0 aliphatic heterocycles. The molecule has 0 aromatic heterocycles. The number of halogens is 3. The molecule has 0 radical (unpaired) electrons. The zero-order valence-corrected chi connectivity index (χ0v) is 9.22. The SMILES string of the molecule is CCNS(=O)(=O)NCC(F)(F)CN.Cl. The van der Waals surface area contributed by atoms with Gasteiger partial charge in [-0.2, -0.15) is 13.1 Å². The van der Waals surface area contributed by atoms with E-state index in [4.69, 9.17) is 5.73 Å². The molecule has 0 rings (SSSR count). The van der Waals surface area contributed by atoms with Crippen LogP contribution in [0, 0.1) is 0 Å². The largest absolute Gasteiger partial charge is 0.325 e. The highest BCUT2D eigenvalue weighted by Crippen LogP contribution is 2.08. The average Bonchev–Trinajstić information content (AvgIpc) is 2.02. The fraction of sp³-hybridized carbons (Fsp3) is 1.00. The Balaban J connectivity index is 0. The normalized spacial score (nSPS) is 12.3. The third-order valence-electron chi connectivity index (χ3n) is 1.15. The molecule has 5 nitrogen and oxygen atoms in total. The molecule has 0 aromatic carbocycles. The van der Waals surface area contributed by atoms with Crippen LogP contribution in [-0.4, -0.2) is 34.0 Å². The number of nitrogens with two attached hydrogens (primary N) is 1. The van der Waals surface area contributed by atoms with Crippen LogP contribution in [0.5, 0.6) is 0 Å². The lowest BCUT2D eigenvalue weighted by atomic mass is 10.3. The van der Waals surface area contributed by atoms with Crippen molar-refractivity contribution in [3.8, 4) is 0 Å². The zero-order chi connectivity index (χ0) is 10.5. The van der Waals surface area contributed by atoms with Crippen molar-refractivity contribution < 1.29 is 17.2 Å². The van der Waals surface area contributed by atoms with Crippen LogP contribution in [0.1, 0.15) is 6.92 Å². The van der Waals surface area contributed by atoms with Crippen molar-refractivity contribution in [1.82, 2.24) is 9.44 Å². The maximum absolute atomic E-state index is 12.4. The summed E-state index contributed by atoms with van der Waals surface area (Å²) in [5.41, 5.74) is 4.70. The Morgan fingerprint density at radius 2 is 1.86 bits per heavy atom. The van der Waals surface area contributed by atoms with E-state index in [1.807, 2.05) is 4.72 Å². The van der Waals surface area contributed by atoms with Crippen molar-refractivity contribution in [2.45, 2.75) is 12.8 Å². The summed E-state index contributed by atoms with van der Waals surface area (Å²) in [4.78, 5) is 0. The second kappa shape index (κ2) is 6.46. The molecule has 4 N–H and O–H groups in total. The molecular formula is C5H14ClF2N3O2S. The third kappa shape index (κ3) is 7.39. The Hall–Kier alpha value is -0.0200. The standard InChI is InChI=1S/C5H13F2N3O2S.ClH/c1-2-9-13(11,12)10-4-5(6,7)3-8;/h9-10H,2-4,8H2,1H3;1H. The molecule has 0 aliphatic carbocycles. The smallest absolute Gasteiger partial charge is 0.277 e. The summed E-state index contributed by atoms with van der Waals surface area (Å²) in [6.07, 6.45) is 0. The number of nitrogens with one attached hydrogen (secondary N) is 2. The molecule has 0 bridgehead atoms. The van der Waals surface area contributed by atoms with E-state index in [2.05, 4.69) is 0 Å². The van der Waals surface area contributed by atoms with Gasteiger partial charge in [0.25, 0.3) is 16.1 Å². The topological polar surface area (TPSA) is 84.2 Å². The third-order valence-corrected chi connectivity index (χ3v) is 2.35. The van der Waals surface area contributed by atoms with Crippen molar-refractivity contribution in [3.05, 3.63) is 0 Å². The summed E-state index contributed by atoms with van der Waals surface area (Å²) < 4.78 is 50.2. The van der Waals surface area contributed by atoms with Crippen molar-refractivity contribution in [2.75, 3.05) is 19.6 Å². The molecule has 9 heteroatoms. The van der Waals surface area contributed by atoms with Gasteiger partial charge in [0, 0.05) is 6.54 Å². The van der Waals surface area contributed by atoms with Gasteiger partial charge < -0.3 is 5.73 Å². The molecule has 0 fully saturated rings. The van der Waals surface area contributed by atoms with Gasteiger partial charge in [-0.25, -0.2) is 13.5 Å². The highest BCUT2D eigenvalue weighted by Gasteiger charge is 2.28. The summed E-state index contributed by atoms with van der Waals surface area (Å²) >= 11 is 0. The number of rotatable bonds is 6. The first-order chi connectivity index (χ1) is 5.83.